The van der Waals surface area contributed by atoms with E-state index in [2.05, 4.69) is 18.3 Å². The van der Waals surface area contributed by atoms with E-state index in [4.69, 9.17) is 9.47 Å². The summed E-state index contributed by atoms with van der Waals surface area (Å²) in [5, 5.41) is 12.7. The van der Waals surface area contributed by atoms with Crippen molar-refractivity contribution in [3.05, 3.63) is 22.3 Å². The van der Waals surface area contributed by atoms with Crippen molar-refractivity contribution in [2.75, 3.05) is 19.8 Å². The molecule has 0 fully saturated rings. The van der Waals surface area contributed by atoms with Crippen LogP contribution >= 0.6 is 0 Å². The van der Waals surface area contributed by atoms with Crippen LogP contribution in [0.1, 0.15) is 29.2 Å². The van der Waals surface area contributed by atoms with Crippen LogP contribution in [-0.2, 0) is 19.4 Å². The molecule has 1 aromatic rings. The van der Waals surface area contributed by atoms with E-state index in [-0.39, 0.29) is 0 Å². The van der Waals surface area contributed by atoms with Gasteiger partial charge in [0.1, 0.15) is 23.1 Å². The summed E-state index contributed by atoms with van der Waals surface area (Å²) in [6, 6.07) is 2.29. The predicted molar refractivity (Wildman–Crippen MR) is 66.9 cm³/mol. The highest BCUT2D eigenvalue weighted by atomic mass is 16.5. The Hall–Kier alpha value is -1.73. The molecule has 3 rings (SSSR count). The molecule has 4 heteroatoms. The topological polar surface area (TPSA) is 54.3 Å². The first-order valence-corrected chi connectivity index (χ1v) is 6.43. The van der Waals surface area contributed by atoms with Gasteiger partial charge in [-0.05, 0) is 6.54 Å². The van der Waals surface area contributed by atoms with E-state index < -0.39 is 0 Å². The van der Waals surface area contributed by atoms with Crippen LogP contribution in [0, 0.1) is 11.3 Å². The van der Waals surface area contributed by atoms with Crippen molar-refractivity contribution >= 4 is 0 Å². The molecule has 18 heavy (non-hydrogen) atoms. The Kier molecular flexibility index (Phi) is 2.85. The molecule has 1 N–H and O–H groups in total. The van der Waals surface area contributed by atoms with Gasteiger partial charge in [-0.15, -0.1) is 0 Å². The largest absolute Gasteiger partial charge is 0.493 e. The minimum absolute atomic E-state index is 0.673. The van der Waals surface area contributed by atoms with Crippen molar-refractivity contribution < 1.29 is 9.47 Å². The molecule has 2 aliphatic heterocycles. The minimum Gasteiger partial charge on any atom is -0.493 e. The van der Waals surface area contributed by atoms with Crippen LogP contribution in [0.2, 0.25) is 0 Å². The molecular formula is C14H16N2O2. The minimum atomic E-state index is 0.673. The number of fused-ring (bicyclic) bond motifs is 2. The number of nitriles is 1. The number of hydrogen-bond acceptors (Lipinski definition) is 4. The third-order valence-electron chi connectivity index (χ3n) is 3.58. The van der Waals surface area contributed by atoms with Gasteiger partial charge in [0.05, 0.1) is 13.2 Å². The first-order chi connectivity index (χ1) is 8.86. The molecule has 1 aromatic carbocycles. The number of nitrogens with zero attached hydrogens (tertiary/aromatic N) is 1. The number of nitrogens with one attached hydrogen (secondary N) is 1. The van der Waals surface area contributed by atoms with Gasteiger partial charge in [-0.1, -0.05) is 6.92 Å². The molecule has 0 amide bonds. The highest BCUT2D eigenvalue weighted by Crippen LogP contribution is 2.43. The Morgan fingerprint density at radius 2 is 1.89 bits per heavy atom. The molecule has 0 radical (unpaired) electrons. The normalized spacial score (nSPS) is 15.6. The smallest absolute Gasteiger partial charge is 0.141 e. The van der Waals surface area contributed by atoms with Gasteiger partial charge >= 0.3 is 0 Å². The SMILES string of the molecule is CCNCc1c2c(c(C#N)c3c1OCC3)OCC2. The Morgan fingerprint density at radius 1 is 1.17 bits per heavy atom. The third-order valence-corrected chi connectivity index (χ3v) is 3.58. The molecular weight excluding hydrogens is 228 g/mol. The van der Waals surface area contributed by atoms with Crippen molar-refractivity contribution in [2.24, 2.45) is 0 Å². The zero-order chi connectivity index (χ0) is 12.5. The zero-order valence-electron chi connectivity index (χ0n) is 10.5. The van der Waals surface area contributed by atoms with Crippen LogP contribution in [0.4, 0.5) is 0 Å². The number of rotatable bonds is 3. The van der Waals surface area contributed by atoms with Crippen LogP contribution in [0.25, 0.3) is 0 Å². The van der Waals surface area contributed by atoms with Crippen LogP contribution in [0.3, 0.4) is 0 Å². The first-order valence-electron chi connectivity index (χ1n) is 6.43. The van der Waals surface area contributed by atoms with Crippen LogP contribution in [-0.4, -0.2) is 19.8 Å². The summed E-state index contributed by atoms with van der Waals surface area (Å²) in [6.07, 6.45) is 1.69. The molecule has 0 saturated carbocycles. The van der Waals surface area contributed by atoms with Gasteiger partial charge in [0.25, 0.3) is 0 Å². The average Bonchev–Trinajstić information content (AvgIpc) is 3.02. The summed E-state index contributed by atoms with van der Waals surface area (Å²) in [7, 11) is 0. The summed E-state index contributed by atoms with van der Waals surface area (Å²) in [6.45, 7) is 5.14. The van der Waals surface area contributed by atoms with E-state index in [1.165, 1.54) is 5.56 Å². The molecule has 4 nitrogen and oxygen atoms in total. The molecule has 0 unspecified atom stereocenters. The van der Waals surface area contributed by atoms with Gasteiger partial charge in [0, 0.05) is 36.1 Å². The molecule has 0 saturated heterocycles. The van der Waals surface area contributed by atoms with Gasteiger partial charge in [-0.3, -0.25) is 0 Å². The standard InChI is InChI=1S/C14H16N2O2/c1-2-16-8-12-10-4-6-17-13(10)11(7-15)9-3-5-18-14(9)12/h16H,2-6,8H2,1H3. The van der Waals surface area contributed by atoms with Crippen LogP contribution < -0.4 is 14.8 Å². The lowest BCUT2D eigenvalue weighted by Gasteiger charge is -2.14. The lowest BCUT2D eigenvalue weighted by atomic mass is 9.94. The third kappa shape index (κ3) is 1.55. The fraction of sp³-hybridized carbons (Fsp3) is 0.500. The van der Waals surface area contributed by atoms with Gasteiger partial charge in [0.2, 0.25) is 0 Å². The molecule has 0 atom stereocenters. The van der Waals surface area contributed by atoms with E-state index in [1.54, 1.807) is 0 Å². The van der Waals surface area contributed by atoms with Crippen molar-refractivity contribution in [1.82, 2.24) is 5.32 Å². The molecule has 2 heterocycles. The second-order valence-electron chi connectivity index (χ2n) is 4.56. The Bertz CT molecular complexity index is 497. The maximum Gasteiger partial charge on any atom is 0.141 e. The summed E-state index contributed by atoms with van der Waals surface area (Å²) in [4.78, 5) is 0. The van der Waals surface area contributed by atoms with E-state index in [0.717, 1.165) is 48.6 Å². The lowest BCUT2D eigenvalue weighted by molar-refractivity contribution is 0.352. The molecule has 0 aliphatic carbocycles. The summed E-state index contributed by atoms with van der Waals surface area (Å²) in [5.41, 5.74) is 4.07. The number of benzene rings is 1. The van der Waals surface area contributed by atoms with E-state index in [1.807, 2.05) is 0 Å². The van der Waals surface area contributed by atoms with Crippen molar-refractivity contribution in [2.45, 2.75) is 26.3 Å². The lowest BCUT2D eigenvalue weighted by Crippen LogP contribution is -2.14. The summed E-state index contributed by atoms with van der Waals surface area (Å²) >= 11 is 0. The molecule has 0 spiro atoms. The van der Waals surface area contributed by atoms with Gasteiger partial charge < -0.3 is 14.8 Å². The fourth-order valence-electron chi connectivity index (χ4n) is 2.76. The molecule has 0 bridgehead atoms. The van der Waals surface area contributed by atoms with Crippen molar-refractivity contribution in [3.63, 3.8) is 0 Å². The second-order valence-corrected chi connectivity index (χ2v) is 4.56. The molecule has 94 valence electrons. The van der Waals surface area contributed by atoms with Gasteiger partial charge in [0.15, 0.2) is 0 Å². The second kappa shape index (κ2) is 4.51. The number of ether oxygens (including phenoxy) is 2. The maximum atomic E-state index is 9.33. The fourth-order valence-corrected chi connectivity index (χ4v) is 2.76. The van der Waals surface area contributed by atoms with E-state index in [9.17, 15) is 5.26 Å². The maximum absolute atomic E-state index is 9.33. The highest BCUT2D eigenvalue weighted by molar-refractivity contribution is 5.65. The van der Waals surface area contributed by atoms with E-state index in [0.29, 0.717) is 18.8 Å². The van der Waals surface area contributed by atoms with E-state index >= 15 is 0 Å². The monoisotopic (exact) mass is 244 g/mol. The summed E-state index contributed by atoms with van der Waals surface area (Å²) in [5.74, 6) is 1.73. The van der Waals surface area contributed by atoms with Crippen molar-refractivity contribution in [1.29, 1.82) is 5.26 Å². The highest BCUT2D eigenvalue weighted by Gasteiger charge is 2.30. The Balaban J connectivity index is 2.17. The van der Waals surface area contributed by atoms with Crippen molar-refractivity contribution in [3.8, 4) is 17.6 Å². The first kappa shape index (κ1) is 11.4. The van der Waals surface area contributed by atoms with Crippen LogP contribution in [0.5, 0.6) is 11.5 Å². The molecule has 2 aliphatic rings. The van der Waals surface area contributed by atoms with Gasteiger partial charge in [-0.25, -0.2) is 0 Å². The van der Waals surface area contributed by atoms with Crippen LogP contribution in [0.15, 0.2) is 0 Å². The average molecular weight is 244 g/mol. The van der Waals surface area contributed by atoms with Gasteiger partial charge in [-0.2, -0.15) is 5.26 Å². The molecule has 0 aromatic heterocycles. The Labute approximate surface area is 107 Å². The predicted octanol–water partition coefficient (Wildman–Crippen LogP) is 1.54. The Morgan fingerprint density at radius 3 is 2.61 bits per heavy atom. The zero-order valence-corrected chi connectivity index (χ0v) is 10.5. The number of hydrogen-bond donors (Lipinski definition) is 1. The summed E-state index contributed by atoms with van der Waals surface area (Å²) < 4.78 is 11.4. The quantitative estimate of drug-likeness (QED) is 0.876.